The molecule has 7 heteroatoms. The predicted molar refractivity (Wildman–Crippen MR) is 76.6 cm³/mol. The topological polar surface area (TPSA) is 69.8 Å². The highest BCUT2D eigenvalue weighted by Crippen LogP contribution is 2.23. The Hall–Kier alpha value is -1.57. The zero-order chi connectivity index (χ0) is 15.4. The van der Waals surface area contributed by atoms with Crippen LogP contribution in [0.15, 0.2) is 18.2 Å². The van der Waals surface area contributed by atoms with Crippen LogP contribution < -0.4 is 0 Å². The van der Waals surface area contributed by atoms with E-state index in [0.29, 0.717) is 12.1 Å². The highest BCUT2D eigenvalue weighted by molar-refractivity contribution is 5.37. The number of nitro benzene ring substituents is 1. The smallest absolute Gasteiger partial charge is 0.305 e. The Morgan fingerprint density at radius 2 is 1.95 bits per heavy atom. The Kier molecular flexibility index (Phi) is 5.22. The molecule has 21 heavy (non-hydrogen) atoms. The molecule has 1 aromatic carbocycles. The van der Waals surface area contributed by atoms with E-state index in [1.165, 1.54) is 6.07 Å². The van der Waals surface area contributed by atoms with E-state index in [9.17, 15) is 19.6 Å². The number of β-amino-alcohol motifs (C(OH)–C–C–N with tert-alkyl or cyclic N) is 1. The summed E-state index contributed by atoms with van der Waals surface area (Å²) in [6, 6.07) is 3.54. The monoisotopic (exact) mass is 297 g/mol. The third-order valence-corrected chi connectivity index (χ3v) is 3.89. The molecule has 1 atom stereocenters. The maximum Gasteiger partial charge on any atom is 0.305 e. The minimum atomic E-state index is -0.882. The number of nitrogens with zero attached hydrogens (tertiary/aromatic N) is 3. The van der Waals surface area contributed by atoms with Gasteiger partial charge in [0, 0.05) is 38.8 Å². The van der Waals surface area contributed by atoms with Crippen LogP contribution in [0.1, 0.15) is 18.6 Å². The van der Waals surface area contributed by atoms with Gasteiger partial charge in [-0.15, -0.1) is 0 Å². The maximum atomic E-state index is 13.3. The first-order valence-corrected chi connectivity index (χ1v) is 7.08. The first-order chi connectivity index (χ1) is 10.0. The molecule has 0 aliphatic carbocycles. The largest absolute Gasteiger partial charge is 0.387 e. The molecule has 6 nitrogen and oxygen atoms in total. The summed E-state index contributed by atoms with van der Waals surface area (Å²) in [7, 11) is 0. The lowest BCUT2D eigenvalue weighted by atomic mass is 10.1. The van der Waals surface area contributed by atoms with Gasteiger partial charge in [0.25, 0.3) is 0 Å². The average Bonchev–Trinajstić information content (AvgIpc) is 2.48. The molecule has 1 N–H and O–H groups in total. The summed E-state index contributed by atoms with van der Waals surface area (Å²) in [5.74, 6) is -0.882. The van der Waals surface area contributed by atoms with Gasteiger partial charge in [-0.3, -0.25) is 15.0 Å². The molecule has 1 unspecified atom stereocenters. The lowest BCUT2D eigenvalue weighted by Gasteiger charge is -2.35. The van der Waals surface area contributed by atoms with Crippen molar-refractivity contribution < 1.29 is 14.4 Å². The van der Waals surface area contributed by atoms with E-state index in [1.807, 2.05) is 0 Å². The summed E-state index contributed by atoms with van der Waals surface area (Å²) >= 11 is 0. The highest BCUT2D eigenvalue weighted by atomic mass is 19.1. The average molecular weight is 297 g/mol. The maximum absolute atomic E-state index is 13.3. The van der Waals surface area contributed by atoms with E-state index in [1.54, 1.807) is 0 Å². The number of hydrogen-bond donors (Lipinski definition) is 1. The SMILES string of the molecule is CCN1CCN(CC(O)c2ccc(F)c([N+](=O)[O-])c2)CC1. The van der Waals surface area contributed by atoms with Crippen molar-refractivity contribution in [2.24, 2.45) is 0 Å². The number of likely N-dealkylation sites (N-methyl/N-ethyl adjacent to an activating group) is 1. The minimum absolute atomic E-state index is 0.376. The molecular weight excluding hydrogens is 277 g/mol. The van der Waals surface area contributed by atoms with E-state index in [2.05, 4.69) is 16.7 Å². The van der Waals surface area contributed by atoms with E-state index in [-0.39, 0.29) is 0 Å². The van der Waals surface area contributed by atoms with Crippen LogP contribution in [0, 0.1) is 15.9 Å². The Bertz CT molecular complexity index is 504. The molecule has 1 heterocycles. The number of aliphatic hydroxyl groups excluding tert-OH is 1. The molecule has 0 aromatic heterocycles. The summed E-state index contributed by atoms with van der Waals surface area (Å²) < 4.78 is 13.3. The Balaban J connectivity index is 1.99. The summed E-state index contributed by atoms with van der Waals surface area (Å²) in [6.45, 7) is 7.14. The van der Waals surface area contributed by atoms with Crippen molar-refractivity contribution in [3.8, 4) is 0 Å². The van der Waals surface area contributed by atoms with Gasteiger partial charge in [0.05, 0.1) is 11.0 Å². The van der Waals surface area contributed by atoms with Crippen molar-refractivity contribution in [2.45, 2.75) is 13.0 Å². The lowest BCUT2D eigenvalue weighted by Crippen LogP contribution is -2.47. The number of piperazine rings is 1. The first kappa shape index (κ1) is 15.8. The number of rotatable bonds is 5. The standard InChI is InChI=1S/C14H20FN3O3/c1-2-16-5-7-17(8-6-16)10-14(19)11-3-4-12(15)13(9-11)18(20)21/h3-4,9,14,19H,2,5-8,10H2,1H3. The second-order valence-corrected chi connectivity index (χ2v) is 5.22. The fraction of sp³-hybridized carbons (Fsp3) is 0.571. The molecule has 0 saturated carbocycles. The Morgan fingerprint density at radius 3 is 2.52 bits per heavy atom. The Labute approximate surface area is 122 Å². The van der Waals surface area contributed by atoms with Crippen molar-refractivity contribution in [3.63, 3.8) is 0 Å². The molecule has 2 rings (SSSR count). The van der Waals surface area contributed by atoms with Crippen LogP contribution in [0.2, 0.25) is 0 Å². The Morgan fingerprint density at radius 1 is 1.33 bits per heavy atom. The summed E-state index contributed by atoms with van der Waals surface area (Å²) in [6.07, 6.45) is -0.850. The number of benzene rings is 1. The van der Waals surface area contributed by atoms with E-state index in [4.69, 9.17) is 0 Å². The molecule has 1 fully saturated rings. The summed E-state index contributed by atoms with van der Waals surface area (Å²) in [5, 5.41) is 20.9. The number of halogens is 1. The van der Waals surface area contributed by atoms with E-state index < -0.39 is 22.5 Å². The molecule has 116 valence electrons. The molecule has 0 bridgehead atoms. The van der Waals surface area contributed by atoms with Crippen LogP contribution >= 0.6 is 0 Å². The second-order valence-electron chi connectivity index (χ2n) is 5.22. The second kappa shape index (κ2) is 6.93. The zero-order valence-electron chi connectivity index (χ0n) is 12.0. The van der Waals surface area contributed by atoms with Crippen LogP contribution in [-0.2, 0) is 0 Å². The molecular formula is C14H20FN3O3. The van der Waals surface area contributed by atoms with Crippen LogP contribution in [-0.4, -0.2) is 59.1 Å². The van der Waals surface area contributed by atoms with Crippen LogP contribution in [0.3, 0.4) is 0 Å². The zero-order valence-corrected chi connectivity index (χ0v) is 12.0. The third-order valence-electron chi connectivity index (χ3n) is 3.89. The van der Waals surface area contributed by atoms with Gasteiger partial charge in [-0.05, 0) is 18.2 Å². The quantitative estimate of drug-likeness (QED) is 0.657. The first-order valence-electron chi connectivity index (χ1n) is 7.08. The van der Waals surface area contributed by atoms with Gasteiger partial charge in [-0.1, -0.05) is 13.0 Å². The highest BCUT2D eigenvalue weighted by Gasteiger charge is 2.21. The summed E-state index contributed by atoms with van der Waals surface area (Å²) in [4.78, 5) is 14.4. The predicted octanol–water partition coefficient (Wildman–Crippen LogP) is 1.40. The van der Waals surface area contributed by atoms with Crippen molar-refractivity contribution in [3.05, 3.63) is 39.7 Å². The van der Waals surface area contributed by atoms with Gasteiger partial charge in [0.2, 0.25) is 5.82 Å². The van der Waals surface area contributed by atoms with Gasteiger partial charge in [-0.2, -0.15) is 4.39 Å². The lowest BCUT2D eigenvalue weighted by molar-refractivity contribution is -0.387. The van der Waals surface area contributed by atoms with Crippen LogP contribution in [0.25, 0.3) is 0 Å². The van der Waals surface area contributed by atoms with Gasteiger partial charge in [-0.25, -0.2) is 0 Å². The molecule has 1 saturated heterocycles. The molecule has 1 aliphatic heterocycles. The normalized spacial score (nSPS) is 18.6. The minimum Gasteiger partial charge on any atom is -0.387 e. The van der Waals surface area contributed by atoms with E-state index in [0.717, 1.165) is 44.9 Å². The van der Waals surface area contributed by atoms with Gasteiger partial charge in [0.15, 0.2) is 0 Å². The van der Waals surface area contributed by atoms with Crippen molar-refractivity contribution in [1.29, 1.82) is 0 Å². The number of aliphatic hydroxyl groups is 1. The molecule has 0 radical (unpaired) electrons. The molecule has 0 amide bonds. The van der Waals surface area contributed by atoms with Gasteiger partial charge < -0.3 is 10.0 Å². The fourth-order valence-corrected chi connectivity index (χ4v) is 2.51. The molecule has 1 aliphatic rings. The van der Waals surface area contributed by atoms with Gasteiger partial charge >= 0.3 is 5.69 Å². The van der Waals surface area contributed by atoms with Gasteiger partial charge in [0.1, 0.15) is 0 Å². The van der Waals surface area contributed by atoms with Crippen molar-refractivity contribution >= 4 is 5.69 Å². The number of hydrogen-bond acceptors (Lipinski definition) is 5. The van der Waals surface area contributed by atoms with Crippen LogP contribution in [0.5, 0.6) is 0 Å². The van der Waals surface area contributed by atoms with Crippen molar-refractivity contribution in [2.75, 3.05) is 39.3 Å². The van der Waals surface area contributed by atoms with Crippen LogP contribution in [0.4, 0.5) is 10.1 Å². The number of nitro groups is 1. The molecule has 1 aromatic rings. The van der Waals surface area contributed by atoms with Crippen molar-refractivity contribution in [1.82, 2.24) is 9.80 Å². The fourth-order valence-electron chi connectivity index (χ4n) is 2.51. The molecule has 0 spiro atoms. The van der Waals surface area contributed by atoms with E-state index >= 15 is 0 Å². The summed E-state index contributed by atoms with van der Waals surface area (Å²) in [5.41, 5.74) is -0.219. The third kappa shape index (κ3) is 3.96.